The van der Waals surface area contributed by atoms with Crippen molar-refractivity contribution in [3.8, 4) is 5.75 Å². The van der Waals surface area contributed by atoms with Gasteiger partial charge in [-0.05, 0) is 49.6 Å². The lowest BCUT2D eigenvalue weighted by Gasteiger charge is -2.12. The number of aliphatic imine (C=N–C) groups is 1. The molecular formula is C22H30ClIN4O2. The zero-order chi connectivity index (χ0) is 20.9. The second-order valence-corrected chi connectivity index (χ2v) is 6.76. The highest BCUT2D eigenvalue weighted by atomic mass is 127. The third-order valence-corrected chi connectivity index (χ3v) is 4.42. The molecule has 2 rings (SSSR count). The molecule has 0 aromatic heterocycles. The molecule has 0 spiro atoms. The molecule has 0 bridgehead atoms. The number of nitrogens with one attached hydrogen (secondary N) is 3. The Balaban J connectivity index is 0.00000450. The van der Waals surface area contributed by atoms with Crippen LogP contribution < -0.4 is 20.7 Å². The number of ether oxygens (including phenoxy) is 1. The second kappa shape index (κ2) is 14.9. The summed E-state index contributed by atoms with van der Waals surface area (Å²) in [6, 6.07) is 15.5. The number of benzene rings is 2. The normalized spacial score (nSPS) is 10.7. The Bertz CT molecular complexity index is 817. The molecule has 2 aromatic rings. The maximum absolute atomic E-state index is 11.5. The highest BCUT2D eigenvalue weighted by Crippen LogP contribution is 2.15. The van der Waals surface area contributed by atoms with E-state index in [1.165, 1.54) is 0 Å². The highest BCUT2D eigenvalue weighted by Gasteiger charge is 2.04. The van der Waals surface area contributed by atoms with Crippen LogP contribution in [0.3, 0.4) is 0 Å². The van der Waals surface area contributed by atoms with Crippen molar-refractivity contribution in [1.29, 1.82) is 0 Å². The molecular weight excluding hydrogens is 515 g/mol. The van der Waals surface area contributed by atoms with Crippen molar-refractivity contribution in [2.45, 2.75) is 26.8 Å². The Morgan fingerprint density at radius 3 is 2.53 bits per heavy atom. The Hall–Kier alpha value is -2.00. The number of amides is 1. The van der Waals surface area contributed by atoms with Crippen LogP contribution in [0.2, 0.25) is 5.02 Å². The van der Waals surface area contributed by atoms with Crippen LogP contribution in [0.1, 0.15) is 25.0 Å². The number of halogens is 2. The SMILES string of the molecule is CCNC(=O)COc1cccc(CN=C(NCC)NCCc2ccccc2Cl)c1.I. The number of guanidine groups is 1. The van der Waals surface area contributed by atoms with Gasteiger partial charge in [-0.2, -0.15) is 0 Å². The molecule has 0 unspecified atom stereocenters. The van der Waals surface area contributed by atoms with Gasteiger partial charge in [0.2, 0.25) is 0 Å². The quantitative estimate of drug-likeness (QED) is 0.242. The van der Waals surface area contributed by atoms with Crippen LogP contribution in [0.5, 0.6) is 5.75 Å². The van der Waals surface area contributed by atoms with E-state index in [-0.39, 0.29) is 36.5 Å². The van der Waals surface area contributed by atoms with Crippen molar-refractivity contribution in [3.05, 3.63) is 64.7 Å². The summed E-state index contributed by atoms with van der Waals surface area (Å²) in [5, 5.41) is 10.1. The monoisotopic (exact) mass is 544 g/mol. The van der Waals surface area contributed by atoms with E-state index in [1.54, 1.807) is 0 Å². The summed E-state index contributed by atoms with van der Waals surface area (Å²) >= 11 is 6.21. The van der Waals surface area contributed by atoms with Crippen molar-refractivity contribution in [3.63, 3.8) is 0 Å². The molecule has 0 saturated heterocycles. The molecule has 0 fully saturated rings. The largest absolute Gasteiger partial charge is 0.484 e. The van der Waals surface area contributed by atoms with Gasteiger partial charge >= 0.3 is 0 Å². The first-order valence-electron chi connectivity index (χ1n) is 9.86. The zero-order valence-corrected chi connectivity index (χ0v) is 20.5. The summed E-state index contributed by atoms with van der Waals surface area (Å²) in [4.78, 5) is 16.2. The number of nitrogens with zero attached hydrogens (tertiary/aromatic N) is 1. The molecule has 0 radical (unpaired) electrons. The molecule has 2 aromatic carbocycles. The van der Waals surface area contributed by atoms with Crippen LogP contribution in [-0.2, 0) is 17.8 Å². The summed E-state index contributed by atoms with van der Waals surface area (Å²) in [6.45, 7) is 6.50. The minimum Gasteiger partial charge on any atom is -0.484 e. The lowest BCUT2D eigenvalue weighted by molar-refractivity contribution is -0.122. The van der Waals surface area contributed by atoms with Crippen molar-refractivity contribution >= 4 is 47.4 Å². The first kappa shape index (κ1) is 26.0. The Morgan fingerprint density at radius 2 is 1.80 bits per heavy atom. The summed E-state index contributed by atoms with van der Waals surface area (Å²) in [6.07, 6.45) is 0.813. The van der Waals surface area contributed by atoms with Gasteiger partial charge < -0.3 is 20.7 Å². The lowest BCUT2D eigenvalue weighted by Crippen LogP contribution is -2.38. The third-order valence-electron chi connectivity index (χ3n) is 4.05. The third kappa shape index (κ3) is 9.67. The molecule has 30 heavy (non-hydrogen) atoms. The predicted octanol–water partition coefficient (Wildman–Crippen LogP) is 3.77. The van der Waals surface area contributed by atoms with Crippen LogP contribution in [0.15, 0.2) is 53.5 Å². The number of carbonyl (C=O) groups is 1. The van der Waals surface area contributed by atoms with Crippen molar-refractivity contribution in [2.75, 3.05) is 26.2 Å². The second-order valence-electron chi connectivity index (χ2n) is 6.35. The predicted molar refractivity (Wildman–Crippen MR) is 134 cm³/mol. The number of carbonyl (C=O) groups excluding carboxylic acids is 1. The highest BCUT2D eigenvalue weighted by molar-refractivity contribution is 14.0. The van der Waals surface area contributed by atoms with Gasteiger partial charge in [0, 0.05) is 24.7 Å². The van der Waals surface area contributed by atoms with Crippen LogP contribution in [0, 0.1) is 0 Å². The van der Waals surface area contributed by atoms with Crippen molar-refractivity contribution < 1.29 is 9.53 Å². The van der Waals surface area contributed by atoms with Crippen molar-refractivity contribution in [1.82, 2.24) is 16.0 Å². The van der Waals surface area contributed by atoms with E-state index < -0.39 is 0 Å². The van der Waals surface area contributed by atoms with Gasteiger partial charge in [0.05, 0.1) is 6.54 Å². The molecule has 6 nitrogen and oxygen atoms in total. The fourth-order valence-electron chi connectivity index (χ4n) is 2.66. The zero-order valence-electron chi connectivity index (χ0n) is 17.4. The van der Waals surface area contributed by atoms with Crippen LogP contribution in [-0.4, -0.2) is 38.1 Å². The van der Waals surface area contributed by atoms with Gasteiger partial charge in [0.15, 0.2) is 12.6 Å². The first-order valence-corrected chi connectivity index (χ1v) is 10.2. The molecule has 3 N–H and O–H groups in total. The van der Waals surface area contributed by atoms with E-state index in [0.29, 0.717) is 18.8 Å². The number of rotatable bonds is 10. The molecule has 0 saturated carbocycles. The molecule has 0 aliphatic heterocycles. The molecule has 164 valence electrons. The van der Waals surface area contributed by atoms with E-state index in [4.69, 9.17) is 16.3 Å². The average molecular weight is 545 g/mol. The summed E-state index contributed by atoms with van der Waals surface area (Å²) in [7, 11) is 0. The van der Waals surface area contributed by atoms with Gasteiger partial charge in [-0.15, -0.1) is 24.0 Å². The minimum atomic E-state index is -0.131. The van der Waals surface area contributed by atoms with E-state index >= 15 is 0 Å². The molecule has 0 atom stereocenters. The number of hydrogen-bond acceptors (Lipinski definition) is 3. The summed E-state index contributed by atoms with van der Waals surface area (Å²) in [5.41, 5.74) is 2.11. The van der Waals surface area contributed by atoms with Crippen molar-refractivity contribution in [2.24, 2.45) is 4.99 Å². The molecule has 8 heteroatoms. The lowest BCUT2D eigenvalue weighted by atomic mass is 10.1. The average Bonchev–Trinajstić information content (AvgIpc) is 2.72. The fourth-order valence-corrected chi connectivity index (χ4v) is 2.89. The summed E-state index contributed by atoms with van der Waals surface area (Å²) < 4.78 is 5.54. The maximum Gasteiger partial charge on any atom is 0.257 e. The van der Waals surface area contributed by atoms with Gasteiger partial charge in [0.25, 0.3) is 5.91 Å². The van der Waals surface area contributed by atoms with E-state index in [2.05, 4.69) is 20.9 Å². The molecule has 0 aliphatic carbocycles. The minimum absolute atomic E-state index is 0. The first-order chi connectivity index (χ1) is 14.1. The summed E-state index contributed by atoms with van der Waals surface area (Å²) in [5.74, 6) is 1.27. The standard InChI is InChI=1S/C22H29ClN4O2.HI/c1-3-24-21(28)16-29-19-10-7-8-17(14-19)15-27-22(25-4-2)26-13-12-18-9-5-6-11-20(18)23;/h5-11,14H,3-4,12-13,15-16H2,1-2H3,(H,24,28)(H2,25,26,27);1H. The van der Waals surface area contributed by atoms with E-state index in [1.807, 2.05) is 62.4 Å². The Labute approximate surface area is 200 Å². The van der Waals surface area contributed by atoms with Gasteiger partial charge in [-0.1, -0.05) is 41.9 Å². The molecule has 1 amide bonds. The van der Waals surface area contributed by atoms with Gasteiger partial charge in [0.1, 0.15) is 5.75 Å². The van der Waals surface area contributed by atoms with Crippen LogP contribution >= 0.6 is 35.6 Å². The van der Waals surface area contributed by atoms with E-state index in [0.717, 1.165) is 41.6 Å². The van der Waals surface area contributed by atoms with E-state index in [9.17, 15) is 4.79 Å². The number of likely N-dealkylation sites (N-methyl/N-ethyl adjacent to an activating group) is 1. The molecule has 0 aliphatic rings. The van der Waals surface area contributed by atoms with Crippen LogP contribution in [0.25, 0.3) is 0 Å². The fraction of sp³-hybridized carbons (Fsp3) is 0.364. The van der Waals surface area contributed by atoms with Crippen LogP contribution in [0.4, 0.5) is 0 Å². The Kier molecular flexibility index (Phi) is 12.9. The van der Waals surface area contributed by atoms with Gasteiger partial charge in [-0.25, -0.2) is 4.99 Å². The Morgan fingerprint density at radius 1 is 1.03 bits per heavy atom. The number of hydrogen-bond donors (Lipinski definition) is 3. The maximum atomic E-state index is 11.5. The smallest absolute Gasteiger partial charge is 0.257 e. The molecule has 0 heterocycles. The topological polar surface area (TPSA) is 74.8 Å². The van der Waals surface area contributed by atoms with Gasteiger partial charge in [-0.3, -0.25) is 4.79 Å².